The third-order valence-corrected chi connectivity index (χ3v) is 6.90. The van der Waals surface area contributed by atoms with Gasteiger partial charge in [-0.1, -0.05) is 23.8 Å². The second-order valence-corrected chi connectivity index (χ2v) is 8.61. The summed E-state index contributed by atoms with van der Waals surface area (Å²) in [5.41, 5.74) is 3.11. The number of rotatable bonds is 5. The van der Waals surface area contributed by atoms with Gasteiger partial charge in [-0.05, 0) is 48.7 Å². The molecule has 0 unspecified atom stereocenters. The molecule has 0 aromatic heterocycles. The van der Waals surface area contributed by atoms with Crippen LogP contribution >= 0.6 is 0 Å². The molecule has 6 heteroatoms. The molecule has 1 aliphatic rings. The molecule has 0 amide bonds. The van der Waals surface area contributed by atoms with E-state index in [1.54, 1.807) is 36.7 Å². The molecule has 2 aromatic carbocycles. The molecule has 0 N–H and O–H groups in total. The molecule has 1 aliphatic heterocycles. The SMILES string of the molecule is C=C[C@H]1CN(S(=O)(=O)c2ccc(C)cc2)CCc2cc(OC)c(OC)cc21. The summed E-state index contributed by atoms with van der Waals surface area (Å²) in [5.74, 6) is 1.16. The first-order chi connectivity index (χ1) is 12.9. The molecule has 144 valence electrons. The van der Waals surface area contributed by atoms with Crippen molar-refractivity contribution in [3.63, 3.8) is 0 Å². The molecule has 1 atom stereocenters. The number of sulfonamides is 1. The van der Waals surface area contributed by atoms with Gasteiger partial charge in [-0.15, -0.1) is 6.58 Å². The summed E-state index contributed by atoms with van der Waals surface area (Å²) in [4.78, 5) is 0.317. The van der Waals surface area contributed by atoms with E-state index in [-0.39, 0.29) is 5.92 Å². The van der Waals surface area contributed by atoms with Crippen LogP contribution in [0.25, 0.3) is 0 Å². The highest BCUT2D eigenvalue weighted by atomic mass is 32.2. The molecule has 5 nitrogen and oxygen atoms in total. The van der Waals surface area contributed by atoms with Gasteiger partial charge in [-0.25, -0.2) is 8.42 Å². The van der Waals surface area contributed by atoms with Crippen molar-refractivity contribution in [3.05, 3.63) is 65.7 Å². The van der Waals surface area contributed by atoms with E-state index in [1.165, 1.54) is 0 Å². The Labute approximate surface area is 161 Å². The molecule has 3 rings (SSSR count). The van der Waals surface area contributed by atoms with Gasteiger partial charge in [0.1, 0.15) is 0 Å². The predicted molar refractivity (Wildman–Crippen MR) is 106 cm³/mol. The highest BCUT2D eigenvalue weighted by Crippen LogP contribution is 2.37. The number of nitrogens with zero attached hydrogens (tertiary/aromatic N) is 1. The Balaban J connectivity index is 1.99. The second kappa shape index (κ2) is 7.74. The van der Waals surface area contributed by atoms with Gasteiger partial charge in [0, 0.05) is 19.0 Å². The Hall–Kier alpha value is -2.31. The van der Waals surface area contributed by atoms with Crippen LogP contribution in [-0.2, 0) is 16.4 Å². The summed E-state index contributed by atoms with van der Waals surface area (Å²) in [5, 5.41) is 0. The molecule has 2 aromatic rings. The number of hydrogen-bond donors (Lipinski definition) is 0. The Bertz CT molecular complexity index is 935. The Morgan fingerprint density at radius 2 is 1.74 bits per heavy atom. The third kappa shape index (κ3) is 3.73. The summed E-state index contributed by atoms with van der Waals surface area (Å²) < 4.78 is 38.7. The minimum Gasteiger partial charge on any atom is -0.493 e. The van der Waals surface area contributed by atoms with Crippen LogP contribution in [0, 0.1) is 6.92 Å². The van der Waals surface area contributed by atoms with Gasteiger partial charge < -0.3 is 9.47 Å². The monoisotopic (exact) mass is 387 g/mol. The Morgan fingerprint density at radius 3 is 2.33 bits per heavy atom. The minimum atomic E-state index is -3.57. The molecule has 0 bridgehead atoms. The number of benzene rings is 2. The van der Waals surface area contributed by atoms with Crippen LogP contribution in [-0.4, -0.2) is 40.0 Å². The molecule has 0 saturated carbocycles. The molecule has 0 aliphatic carbocycles. The summed E-state index contributed by atoms with van der Waals surface area (Å²) >= 11 is 0. The van der Waals surface area contributed by atoms with Crippen molar-refractivity contribution in [2.24, 2.45) is 0 Å². The molecule has 0 fully saturated rings. The van der Waals surface area contributed by atoms with E-state index >= 15 is 0 Å². The van der Waals surface area contributed by atoms with Crippen LogP contribution in [0.3, 0.4) is 0 Å². The van der Waals surface area contributed by atoms with Crippen molar-refractivity contribution in [2.75, 3.05) is 27.3 Å². The lowest BCUT2D eigenvalue weighted by Crippen LogP contribution is -2.34. The third-order valence-electron chi connectivity index (χ3n) is 5.02. The largest absolute Gasteiger partial charge is 0.493 e. The normalized spacial score (nSPS) is 17.7. The highest BCUT2D eigenvalue weighted by molar-refractivity contribution is 7.89. The first-order valence-electron chi connectivity index (χ1n) is 8.85. The predicted octanol–water partition coefficient (Wildman–Crippen LogP) is 3.53. The van der Waals surface area contributed by atoms with E-state index in [1.807, 2.05) is 31.2 Å². The fraction of sp³-hybridized carbons (Fsp3) is 0.333. The maximum absolute atomic E-state index is 13.2. The zero-order chi connectivity index (χ0) is 19.6. The van der Waals surface area contributed by atoms with E-state index in [4.69, 9.17) is 9.47 Å². The first kappa shape index (κ1) is 19.5. The van der Waals surface area contributed by atoms with E-state index in [9.17, 15) is 8.42 Å². The van der Waals surface area contributed by atoms with Crippen molar-refractivity contribution in [1.82, 2.24) is 4.31 Å². The smallest absolute Gasteiger partial charge is 0.243 e. The molecule has 1 heterocycles. The minimum absolute atomic E-state index is 0.123. The molecule has 0 saturated heterocycles. The average Bonchev–Trinajstić information content (AvgIpc) is 2.86. The van der Waals surface area contributed by atoms with E-state index in [2.05, 4.69) is 6.58 Å². The van der Waals surface area contributed by atoms with Crippen molar-refractivity contribution in [1.29, 1.82) is 0 Å². The van der Waals surface area contributed by atoms with Gasteiger partial charge in [-0.2, -0.15) is 4.31 Å². The zero-order valence-electron chi connectivity index (χ0n) is 15.9. The van der Waals surface area contributed by atoms with E-state index in [0.29, 0.717) is 35.9 Å². The van der Waals surface area contributed by atoms with Crippen LogP contribution in [0.4, 0.5) is 0 Å². The summed E-state index contributed by atoms with van der Waals surface area (Å²) in [7, 11) is -0.379. The van der Waals surface area contributed by atoms with Gasteiger partial charge in [0.2, 0.25) is 10.0 Å². The van der Waals surface area contributed by atoms with Crippen LogP contribution in [0.1, 0.15) is 22.6 Å². The number of hydrogen-bond acceptors (Lipinski definition) is 4. The zero-order valence-corrected chi connectivity index (χ0v) is 16.8. The van der Waals surface area contributed by atoms with Gasteiger partial charge >= 0.3 is 0 Å². The highest BCUT2D eigenvalue weighted by Gasteiger charge is 2.31. The first-order valence-corrected chi connectivity index (χ1v) is 10.3. The van der Waals surface area contributed by atoms with Crippen LogP contribution in [0.5, 0.6) is 11.5 Å². The molecule has 0 radical (unpaired) electrons. The lowest BCUT2D eigenvalue weighted by Gasteiger charge is -2.23. The van der Waals surface area contributed by atoms with Gasteiger partial charge in [0.15, 0.2) is 11.5 Å². The number of ether oxygens (including phenoxy) is 2. The van der Waals surface area contributed by atoms with Crippen molar-refractivity contribution < 1.29 is 17.9 Å². The molecular weight excluding hydrogens is 362 g/mol. The lowest BCUT2D eigenvalue weighted by atomic mass is 9.93. The fourth-order valence-electron chi connectivity index (χ4n) is 3.43. The second-order valence-electron chi connectivity index (χ2n) is 6.67. The van der Waals surface area contributed by atoms with Gasteiger partial charge in [0.05, 0.1) is 19.1 Å². The maximum atomic E-state index is 13.2. The summed E-state index contributed by atoms with van der Waals surface area (Å²) in [6, 6.07) is 10.8. The summed E-state index contributed by atoms with van der Waals surface area (Å²) in [6.45, 7) is 6.62. The standard InChI is InChI=1S/C21H25NO4S/c1-5-16-14-22(27(23,24)18-8-6-15(2)7-9-18)11-10-17-12-20(25-3)21(26-4)13-19(16)17/h5-9,12-13,16H,1,10-11,14H2,2-4H3/t16-/m0/s1. The van der Waals surface area contributed by atoms with Gasteiger partial charge in [0.25, 0.3) is 0 Å². The number of aryl methyl sites for hydroxylation is 1. The van der Waals surface area contributed by atoms with Crippen LogP contribution < -0.4 is 9.47 Å². The van der Waals surface area contributed by atoms with E-state index in [0.717, 1.165) is 16.7 Å². The Kier molecular flexibility index (Phi) is 5.58. The van der Waals surface area contributed by atoms with Gasteiger partial charge in [-0.3, -0.25) is 0 Å². The number of methoxy groups -OCH3 is 2. The van der Waals surface area contributed by atoms with E-state index < -0.39 is 10.0 Å². The van der Waals surface area contributed by atoms with Crippen molar-refractivity contribution >= 4 is 10.0 Å². The molecular formula is C21H25NO4S. The fourth-order valence-corrected chi connectivity index (χ4v) is 4.90. The topological polar surface area (TPSA) is 55.8 Å². The summed E-state index contributed by atoms with van der Waals surface area (Å²) in [6.07, 6.45) is 2.40. The lowest BCUT2D eigenvalue weighted by molar-refractivity contribution is 0.354. The maximum Gasteiger partial charge on any atom is 0.243 e. The average molecular weight is 388 g/mol. The van der Waals surface area contributed by atoms with Crippen LogP contribution in [0.15, 0.2) is 53.9 Å². The van der Waals surface area contributed by atoms with Crippen molar-refractivity contribution in [3.8, 4) is 11.5 Å². The van der Waals surface area contributed by atoms with Crippen LogP contribution in [0.2, 0.25) is 0 Å². The molecule has 27 heavy (non-hydrogen) atoms. The number of fused-ring (bicyclic) bond motifs is 1. The molecule has 0 spiro atoms. The quantitative estimate of drug-likeness (QED) is 0.737. The Morgan fingerprint density at radius 1 is 1.11 bits per heavy atom. The van der Waals surface area contributed by atoms with Crippen molar-refractivity contribution in [2.45, 2.75) is 24.2 Å².